The zero-order valence-electron chi connectivity index (χ0n) is 17.9. The molecular weight excluding hydrogens is 388 g/mol. The van der Waals surface area contributed by atoms with Crippen molar-refractivity contribution in [3.05, 3.63) is 59.2 Å². The minimum absolute atomic E-state index is 0.225. The molecule has 2 atom stereocenters. The van der Waals surface area contributed by atoms with Crippen molar-refractivity contribution in [3.63, 3.8) is 0 Å². The van der Waals surface area contributed by atoms with E-state index in [0.717, 1.165) is 28.7 Å². The molecule has 2 aromatic rings. The molecule has 7 heteroatoms. The average Bonchev–Trinajstić information content (AvgIpc) is 2.64. The maximum atomic E-state index is 13.0. The first kappa shape index (κ1) is 22.7. The van der Waals surface area contributed by atoms with Crippen LogP contribution in [0.3, 0.4) is 0 Å². The first-order valence-electron chi connectivity index (χ1n) is 9.58. The van der Waals surface area contributed by atoms with Crippen LogP contribution in [0.25, 0.3) is 0 Å². The molecule has 158 valence electrons. The number of rotatable bonds is 8. The van der Waals surface area contributed by atoms with Crippen molar-refractivity contribution in [1.29, 1.82) is 0 Å². The standard InChI is InChI=1S/C22H30N2O4S/c1-7-21(18-8-10-20(28-5)11-9-18)23-22(25)17(4)24(29(6,26)27)19-13-15(2)12-16(3)14-19/h8-14,17,21H,7H2,1-6H3,(H,23,25)/t17-,21+/m1/s1. The molecule has 0 fully saturated rings. The lowest BCUT2D eigenvalue weighted by molar-refractivity contribution is -0.122. The van der Waals surface area contributed by atoms with Crippen LogP contribution in [0.4, 0.5) is 5.69 Å². The number of hydrogen-bond acceptors (Lipinski definition) is 4. The van der Waals surface area contributed by atoms with Crippen molar-refractivity contribution in [3.8, 4) is 5.75 Å². The molecule has 0 spiro atoms. The third-order valence-electron chi connectivity index (χ3n) is 4.79. The lowest BCUT2D eigenvalue weighted by atomic mass is 10.0. The molecule has 1 amide bonds. The topological polar surface area (TPSA) is 75.7 Å². The second-order valence-corrected chi connectivity index (χ2v) is 9.18. The SMILES string of the molecule is CC[C@H](NC(=O)[C@@H](C)N(c1cc(C)cc(C)c1)S(C)(=O)=O)c1ccc(OC)cc1. The van der Waals surface area contributed by atoms with Gasteiger partial charge in [-0.2, -0.15) is 0 Å². The summed E-state index contributed by atoms with van der Waals surface area (Å²) in [5.74, 6) is 0.388. The predicted molar refractivity (Wildman–Crippen MR) is 117 cm³/mol. The average molecular weight is 419 g/mol. The molecule has 1 N–H and O–H groups in total. The molecule has 0 aliphatic rings. The van der Waals surface area contributed by atoms with Crippen LogP contribution >= 0.6 is 0 Å². The zero-order valence-corrected chi connectivity index (χ0v) is 18.7. The summed E-state index contributed by atoms with van der Waals surface area (Å²) >= 11 is 0. The van der Waals surface area contributed by atoms with Gasteiger partial charge in [-0.25, -0.2) is 8.42 Å². The lowest BCUT2D eigenvalue weighted by Crippen LogP contribution is -2.48. The van der Waals surface area contributed by atoms with Crippen LogP contribution in [0, 0.1) is 13.8 Å². The fourth-order valence-electron chi connectivity index (χ4n) is 3.44. The normalized spacial score (nSPS) is 13.4. The maximum absolute atomic E-state index is 13.0. The molecular formula is C22H30N2O4S. The van der Waals surface area contributed by atoms with E-state index < -0.39 is 16.1 Å². The number of amides is 1. The molecule has 0 bridgehead atoms. The maximum Gasteiger partial charge on any atom is 0.244 e. The van der Waals surface area contributed by atoms with Crippen LogP contribution in [-0.4, -0.2) is 33.7 Å². The number of nitrogens with zero attached hydrogens (tertiary/aromatic N) is 1. The van der Waals surface area contributed by atoms with E-state index in [2.05, 4.69) is 5.32 Å². The Labute approximate surface area is 173 Å². The van der Waals surface area contributed by atoms with Crippen LogP contribution in [0.1, 0.15) is 43.0 Å². The quantitative estimate of drug-likeness (QED) is 0.709. The lowest BCUT2D eigenvalue weighted by Gasteiger charge is -2.30. The Morgan fingerprint density at radius 3 is 2.10 bits per heavy atom. The van der Waals surface area contributed by atoms with Gasteiger partial charge < -0.3 is 10.1 Å². The van der Waals surface area contributed by atoms with Crippen molar-refractivity contribution in [2.24, 2.45) is 0 Å². The number of benzene rings is 2. The number of carbonyl (C=O) groups is 1. The second kappa shape index (κ2) is 9.31. The van der Waals surface area contributed by atoms with Gasteiger partial charge in [-0.05, 0) is 68.1 Å². The summed E-state index contributed by atoms with van der Waals surface area (Å²) in [4.78, 5) is 13.0. The Morgan fingerprint density at radius 2 is 1.66 bits per heavy atom. The van der Waals surface area contributed by atoms with Crippen LogP contribution in [0.2, 0.25) is 0 Å². The highest BCUT2D eigenvalue weighted by atomic mass is 32.2. The van der Waals surface area contributed by atoms with E-state index in [9.17, 15) is 13.2 Å². The van der Waals surface area contributed by atoms with Crippen LogP contribution in [0.15, 0.2) is 42.5 Å². The summed E-state index contributed by atoms with van der Waals surface area (Å²) in [7, 11) is -2.06. The van der Waals surface area contributed by atoms with Gasteiger partial charge in [0.25, 0.3) is 0 Å². The summed E-state index contributed by atoms with van der Waals surface area (Å²) in [6, 6.07) is 11.9. The van der Waals surface area contributed by atoms with Crippen molar-refractivity contribution in [1.82, 2.24) is 5.32 Å². The third kappa shape index (κ3) is 5.73. The van der Waals surface area contributed by atoms with Gasteiger partial charge in [0.1, 0.15) is 11.8 Å². The summed E-state index contributed by atoms with van der Waals surface area (Å²) < 4.78 is 31.4. The summed E-state index contributed by atoms with van der Waals surface area (Å²) in [5, 5.41) is 2.99. The molecule has 0 aromatic heterocycles. The minimum atomic E-state index is -3.66. The Kier molecular flexibility index (Phi) is 7.30. The third-order valence-corrected chi connectivity index (χ3v) is 6.03. The van der Waals surface area contributed by atoms with Crippen molar-refractivity contribution >= 4 is 21.6 Å². The first-order chi connectivity index (χ1) is 13.6. The van der Waals surface area contributed by atoms with Gasteiger partial charge in [0.2, 0.25) is 15.9 Å². The van der Waals surface area contributed by atoms with Crippen LogP contribution < -0.4 is 14.4 Å². The number of anilines is 1. The Hall–Kier alpha value is -2.54. The van der Waals surface area contributed by atoms with Crippen LogP contribution in [-0.2, 0) is 14.8 Å². The van der Waals surface area contributed by atoms with Crippen molar-refractivity contribution < 1.29 is 17.9 Å². The van der Waals surface area contributed by atoms with Gasteiger partial charge in [-0.3, -0.25) is 9.10 Å². The highest BCUT2D eigenvalue weighted by Crippen LogP contribution is 2.25. The van der Waals surface area contributed by atoms with E-state index in [1.807, 2.05) is 51.1 Å². The number of ether oxygens (including phenoxy) is 1. The Bertz CT molecular complexity index is 935. The first-order valence-corrected chi connectivity index (χ1v) is 11.4. The predicted octanol–water partition coefficient (Wildman–Crippen LogP) is 3.73. The Balaban J connectivity index is 2.30. The molecule has 6 nitrogen and oxygen atoms in total. The summed E-state index contributed by atoms with van der Waals surface area (Å²) in [6.45, 7) is 7.38. The van der Waals surface area contributed by atoms with E-state index in [4.69, 9.17) is 4.74 Å². The van der Waals surface area contributed by atoms with Crippen molar-refractivity contribution in [2.45, 2.75) is 46.2 Å². The highest BCUT2D eigenvalue weighted by Gasteiger charge is 2.30. The number of aryl methyl sites for hydroxylation is 2. The van der Waals surface area contributed by atoms with E-state index in [1.54, 1.807) is 26.2 Å². The number of carbonyl (C=O) groups excluding carboxylic acids is 1. The fourth-order valence-corrected chi connectivity index (χ4v) is 4.59. The number of hydrogen-bond donors (Lipinski definition) is 1. The van der Waals surface area contributed by atoms with Gasteiger partial charge in [-0.15, -0.1) is 0 Å². The fraction of sp³-hybridized carbons (Fsp3) is 0.409. The highest BCUT2D eigenvalue weighted by molar-refractivity contribution is 7.92. The van der Waals surface area contributed by atoms with Gasteiger partial charge in [-0.1, -0.05) is 25.1 Å². The zero-order chi connectivity index (χ0) is 21.8. The van der Waals surface area contributed by atoms with Gasteiger partial charge in [0.15, 0.2) is 0 Å². The monoisotopic (exact) mass is 418 g/mol. The van der Waals surface area contributed by atoms with E-state index in [1.165, 1.54) is 4.31 Å². The molecule has 0 radical (unpaired) electrons. The smallest absolute Gasteiger partial charge is 0.244 e. The molecule has 2 rings (SSSR count). The number of sulfonamides is 1. The largest absolute Gasteiger partial charge is 0.497 e. The summed E-state index contributed by atoms with van der Waals surface area (Å²) in [6.07, 6.45) is 1.79. The van der Waals surface area contributed by atoms with Gasteiger partial charge in [0, 0.05) is 0 Å². The van der Waals surface area contributed by atoms with Gasteiger partial charge >= 0.3 is 0 Å². The minimum Gasteiger partial charge on any atom is -0.497 e. The number of nitrogens with one attached hydrogen (secondary N) is 1. The van der Waals surface area contributed by atoms with E-state index in [-0.39, 0.29) is 11.9 Å². The molecule has 0 aliphatic heterocycles. The molecule has 2 aromatic carbocycles. The number of methoxy groups -OCH3 is 1. The molecule has 0 saturated carbocycles. The summed E-state index contributed by atoms with van der Waals surface area (Å²) in [5.41, 5.74) is 3.30. The molecule has 0 unspecified atom stereocenters. The molecule has 29 heavy (non-hydrogen) atoms. The van der Waals surface area contributed by atoms with Crippen molar-refractivity contribution in [2.75, 3.05) is 17.7 Å². The molecule has 0 saturated heterocycles. The van der Waals surface area contributed by atoms with E-state index in [0.29, 0.717) is 12.1 Å². The molecule has 0 aliphatic carbocycles. The van der Waals surface area contributed by atoms with Crippen LogP contribution in [0.5, 0.6) is 5.75 Å². The second-order valence-electron chi connectivity index (χ2n) is 7.32. The van der Waals surface area contributed by atoms with E-state index >= 15 is 0 Å². The molecule has 0 heterocycles. The van der Waals surface area contributed by atoms with Gasteiger partial charge in [0.05, 0.1) is 25.1 Å². The Morgan fingerprint density at radius 1 is 1.10 bits per heavy atom.